The molecule has 0 unspecified atom stereocenters. The Hall–Kier alpha value is -3.18. The number of aromatic nitrogens is 2. The smallest absolute Gasteiger partial charge is 0.322 e. The van der Waals surface area contributed by atoms with Crippen LogP contribution in [0.5, 0.6) is 5.88 Å². The number of nitrogens with one attached hydrogen (secondary N) is 1. The zero-order chi connectivity index (χ0) is 19.9. The first-order valence-electron chi connectivity index (χ1n) is 9.07. The lowest BCUT2D eigenvalue weighted by Gasteiger charge is -2.57. The lowest BCUT2D eigenvalue weighted by Crippen LogP contribution is -2.66. The van der Waals surface area contributed by atoms with Crippen molar-refractivity contribution in [1.82, 2.24) is 20.2 Å². The second-order valence-corrected chi connectivity index (χ2v) is 7.64. The Morgan fingerprint density at radius 3 is 2.61 bits per heavy atom. The molecular formula is C20H22N6O2. The number of carbonyl (C=O) groups excluding carboxylic acids is 1. The van der Waals surface area contributed by atoms with Gasteiger partial charge in [-0.1, -0.05) is 30.3 Å². The summed E-state index contributed by atoms with van der Waals surface area (Å²) in [7, 11) is 5.62. The van der Waals surface area contributed by atoms with E-state index >= 15 is 0 Å². The highest BCUT2D eigenvalue weighted by Gasteiger charge is 2.61. The molecule has 8 heteroatoms. The lowest BCUT2D eigenvalue weighted by molar-refractivity contribution is -0.0169. The molecule has 4 rings (SSSR count). The van der Waals surface area contributed by atoms with E-state index in [4.69, 9.17) is 10.00 Å². The minimum atomic E-state index is -0.323. The number of urea groups is 1. The minimum absolute atomic E-state index is 0.00858. The highest BCUT2D eigenvalue weighted by atomic mass is 16.5. The number of hydrogen-bond acceptors (Lipinski definition) is 6. The van der Waals surface area contributed by atoms with Gasteiger partial charge in [0.05, 0.1) is 30.9 Å². The summed E-state index contributed by atoms with van der Waals surface area (Å²) in [5.41, 5.74) is 1.28. The van der Waals surface area contributed by atoms with Crippen LogP contribution in [0.3, 0.4) is 0 Å². The largest absolute Gasteiger partial charge is 0.479 e. The Morgan fingerprint density at radius 2 is 2.00 bits per heavy atom. The molecular weight excluding hydrogens is 356 g/mol. The maximum Gasteiger partial charge on any atom is 0.322 e. The Labute approximate surface area is 163 Å². The van der Waals surface area contributed by atoms with Crippen molar-refractivity contribution in [2.75, 3.05) is 32.6 Å². The van der Waals surface area contributed by atoms with E-state index in [-0.39, 0.29) is 28.8 Å². The molecule has 2 aromatic rings. The third-order valence-electron chi connectivity index (χ3n) is 5.83. The Balaban J connectivity index is 1.61. The average molecular weight is 378 g/mol. The van der Waals surface area contributed by atoms with Crippen LogP contribution in [0.4, 0.5) is 10.5 Å². The molecule has 28 heavy (non-hydrogen) atoms. The van der Waals surface area contributed by atoms with Crippen molar-refractivity contribution < 1.29 is 9.53 Å². The fourth-order valence-corrected chi connectivity index (χ4v) is 4.45. The van der Waals surface area contributed by atoms with Crippen molar-refractivity contribution in [2.24, 2.45) is 0 Å². The first-order chi connectivity index (χ1) is 13.4. The fraction of sp³-hybridized carbons (Fsp3) is 0.400. The quantitative estimate of drug-likeness (QED) is 0.873. The second kappa shape index (κ2) is 6.46. The second-order valence-electron chi connectivity index (χ2n) is 7.64. The first kappa shape index (κ1) is 18.2. The first-order valence-corrected chi connectivity index (χ1v) is 9.07. The summed E-state index contributed by atoms with van der Waals surface area (Å²) in [5, 5.41) is 12.1. The SMILES string of the molecule is COc1nc(C#N)ncc1N1CC2(CC(c3ccccc3)(N(C)C)C2)NC1=O. The van der Waals surface area contributed by atoms with Gasteiger partial charge in [0, 0.05) is 0 Å². The molecule has 144 valence electrons. The van der Waals surface area contributed by atoms with Gasteiger partial charge in [-0.15, -0.1) is 0 Å². The van der Waals surface area contributed by atoms with Crippen LogP contribution in [0.25, 0.3) is 0 Å². The number of benzene rings is 1. The topological polar surface area (TPSA) is 94.4 Å². The van der Waals surface area contributed by atoms with Crippen LogP contribution in [0.2, 0.25) is 0 Å². The van der Waals surface area contributed by atoms with Crippen molar-refractivity contribution in [2.45, 2.75) is 23.9 Å². The maximum absolute atomic E-state index is 12.7. The monoisotopic (exact) mass is 378 g/mol. The molecule has 1 spiro atoms. The van der Waals surface area contributed by atoms with Gasteiger partial charge in [-0.25, -0.2) is 9.78 Å². The van der Waals surface area contributed by atoms with Crippen molar-refractivity contribution in [1.29, 1.82) is 5.26 Å². The highest BCUT2D eigenvalue weighted by molar-refractivity contribution is 5.96. The highest BCUT2D eigenvalue weighted by Crippen LogP contribution is 2.53. The number of methoxy groups -OCH3 is 1. The molecule has 0 bridgehead atoms. The lowest BCUT2D eigenvalue weighted by atomic mass is 9.59. The summed E-state index contributed by atoms with van der Waals surface area (Å²) < 4.78 is 5.28. The van der Waals surface area contributed by atoms with Gasteiger partial charge in [0.1, 0.15) is 11.8 Å². The van der Waals surface area contributed by atoms with Crippen molar-refractivity contribution in [3.63, 3.8) is 0 Å². The normalized spacial score (nSPS) is 26.1. The standard InChI is InChI=1S/C20H22N6O2/c1-25(2)20(14-7-5-4-6-8-14)11-19(12-20)13-26(18(27)24-19)15-10-22-16(9-21)23-17(15)28-3/h4-8,10H,11-13H2,1-3H3,(H,24,27). The van der Waals surface area contributed by atoms with Crippen LogP contribution in [0.1, 0.15) is 24.2 Å². The maximum atomic E-state index is 12.7. The number of rotatable bonds is 4. The molecule has 0 atom stereocenters. The third kappa shape index (κ3) is 2.67. The van der Waals surface area contributed by atoms with Crippen molar-refractivity contribution in [3.8, 4) is 11.9 Å². The molecule has 1 saturated carbocycles. The van der Waals surface area contributed by atoms with Gasteiger partial charge in [-0.3, -0.25) is 9.80 Å². The molecule has 2 heterocycles. The van der Waals surface area contributed by atoms with E-state index in [0.717, 1.165) is 12.8 Å². The minimum Gasteiger partial charge on any atom is -0.479 e. The Kier molecular flexibility index (Phi) is 4.20. The van der Waals surface area contributed by atoms with Gasteiger partial charge in [-0.2, -0.15) is 10.2 Å². The predicted molar refractivity (Wildman–Crippen MR) is 103 cm³/mol. The van der Waals surface area contributed by atoms with E-state index in [0.29, 0.717) is 12.2 Å². The van der Waals surface area contributed by atoms with Crippen molar-refractivity contribution >= 4 is 11.7 Å². The summed E-state index contributed by atoms with van der Waals surface area (Å²) in [5.74, 6) is 0.231. The van der Waals surface area contributed by atoms with E-state index in [9.17, 15) is 4.79 Å². The molecule has 8 nitrogen and oxygen atoms in total. The van der Waals surface area contributed by atoms with Gasteiger partial charge in [0.15, 0.2) is 0 Å². The molecule has 1 aromatic carbocycles. The number of anilines is 1. The van der Waals surface area contributed by atoms with Crippen LogP contribution in [0.15, 0.2) is 36.5 Å². The van der Waals surface area contributed by atoms with Gasteiger partial charge < -0.3 is 10.1 Å². The number of hydrogen-bond donors (Lipinski definition) is 1. The van der Waals surface area contributed by atoms with Crippen LogP contribution < -0.4 is 15.0 Å². The van der Waals surface area contributed by atoms with Crippen LogP contribution >= 0.6 is 0 Å². The van der Waals surface area contributed by atoms with E-state index in [1.54, 1.807) is 4.90 Å². The van der Waals surface area contributed by atoms with E-state index < -0.39 is 0 Å². The molecule has 2 amide bonds. The number of amides is 2. The van der Waals surface area contributed by atoms with E-state index in [1.807, 2.05) is 24.3 Å². The molecule has 1 aliphatic heterocycles. The zero-order valence-corrected chi connectivity index (χ0v) is 16.1. The van der Waals surface area contributed by atoms with Crippen molar-refractivity contribution in [3.05, 3.63) is 47.9 Å². The van der Waals surface area contributed by atoms with E-state index in [1.165, 1.54) is 18.9 Å². The molecule has 1 aliphatic carbocycles. The fourth-order valence-electron chi connectivity index (χ4n) is 4.45. The third-order valence-corrected chi connectivity index (χ3v) is 5.83. The number of carbonyl (C=O) groups is 1. The number of ether oxygens (including phenoxy) is 1. The summed E-state index contributed by atoms with van der Waals surface area (Å²) >= 11 is 0. The Morgan fingerprint density at radius 1 is 1.29 bits per heavy atom. The van der Waals surface area contributed by atoms with Gasteiger partial charge >= 0.3 is 6.03 Å². The van der Waals surface area contributed by atoms with Crippen LogP contribution in [-0.4, -0.2) is 54.2 Å². The number of nitrogens with zero attached hydrogens (tertiary/aromatic N) is 5. The van der Waals surface area contributed by atoms with E-state index in [2.05, 4.69) is 46.4 Å². The summed E-state index contributed by atoms with van der Waals surface area (Å²) in [6, 6.07) is 12.1. The Bertz CT molecular complexity index is 947. The summed E-state index contributed by atoms with van der Waals surface area (Å²) in [4.78, 5) is 24.6. The summed E-state index contributed by atoms with van der Waals surface area (Å²) in [6.45, 7) is 0.500. The molecule has 1 N–H and O–H groups in total. The molecule has 1 aromatic heterocycles. The average Bonchev–Trinajstić information content (AvgIpc) is 3.03. The molecule has 0 radical (unpaired) electrons. The molecule has 1 saturated heterocycles. The summed E-state index contributed by atoms with van der Waals surface area (Å²) in [6.07, 6.45) is 3.08. The van der Waals surface area contributed by atoms with Crippen LogP contribution in [-0.2, 0) is 5.54 Å². The van der Waals surface area contributed by atoms with Gasteiger partial charge in [0.25, 0.3) is 0 Å². The van der Waals surface area contributed by atoms with Crippen LogP contribution in [0, 0.1) is 11.3 Å². The van der Waals surface area contributed by atoms with Gasteiger partial charge in [0.2, 0.25) is 11.7 Å². The number of nitriles is 1. The molecule has 2 fully saturated rings. The predicted octanol–water partition coefficient (Wildman–Crippen LogP) is 1.88. The van der Waals surface area contributed by atoms with Gasteiger partial charge in [-0.05, 0) is 32.5 Å². The molecule has 2 aliphatic rings. The zero-order valence-electron chi connectivity index (χ0n) is 16.1.